The van der Waals surface area contributed by atoms with Crippen molar-refractivity contribution in [2.45, 2.75) is 26.3 Å². The second kappa shape index (κ2) is 4.12. The normalized spacial score (nSPS) is 13.2. The molecule has 0 saturated heterocycles. The number of rotatable bonds is 4. The Morgan fingerprint density at radius 1 is 1.38 bits per heavy atom. The van der Waals surface area contributed by atoms with E-state index in [1.165, 1.54) is 0 Å². The first kappa shape index (κ1) is 9.84. The molecular weight excluding hydrogens is 166 g/mol. The highest BCUT2D eigenvalue weighted by atomic mass is 16.4. The topological polar surface area (TPSA) is 42.2 Å². The lowest BCUT2D eigenvalue weighted by atomic mass is 10.0. The van der Waals surface area contributed by atoms with Crippen LogP contribution in [-0.2, 0) is 4.79 Å². The molecule has 3 nitrogen and oxygen atoms in total. The number of aromatic nitrogens is 1. The Morgan fingerprint density at radius 3 is 2.31 bits per heavy atom. The number of hydrogen-bond acceptors (Lipinski definition) is 1. The van der Waals surface area contributed by atoms with Crippen LogP contribution in [0.1, 0.15) is 26.3 Å². The van der Waals surface area contributed by atoms with Crippen molar-refractivity contribution in [3.8, 4) is 0 Å². The maximum Gasteiger partial charge on any atom is 0.305 e. The average Bonchev–Trinajstić information content (AvgIpc) is 2.50. The standard InChI is InChI=1S/C10H15NO2/c1-8(2)9(7-10(12)13)11-5-3-4-6-11/h3-6,8-9H,7H2,1-2H3,(H,12,13). The van der Waals surface area contributed by atoms with E-state index in [0.29, 0.717) is 5.92 Å². The van der Waals surface area contributed by atoms with Gasteiger partial charge in [0.05, 0.1) is 6.42 Å². The minimum atomic E-state index is -0.743. The fourth-order valence-electron chi connectivity index (χ4n) is 1.43. The number of carboxylic acid groups (broad SMARTS) is 1. The van der Waals surface area contributed by atoms with E-state index in [4.69, 9.17) is 5.11 Å². The van der Waals surface area contributed by atoms with Gasteiger partial charge in [-0.05, 0) is 18.1 Å². The lowest BCUT2D eigenvalue weighted by Gasteiger charge is -2.20. The minimum absolute atomic E-state index is 0.0625. The van der Waals surface area contributed by atoms with Gasteiger partial charge in [0, 0.05) is 18.4 Å². The predicted molar refractivity (Wildman–Crippen MR) is 50.6 cm³/mol. The zero-order valence-corrected chi connectivity index (χ0v) is 7.97. The van der Waals surface area contributed by atoms with E-state index in [-0.39, 0.29) is 12.5 Å². The lowest BCUT2D eigenvalue weighted by molar-refractivity contribution is -0.138. The van der Waals surface area contributed by atoms with Gasteiger partial charge < -0.3 is 9.67 Å². The van der Waals surface area contributed by atoms with Crippen LogP contribution < -0.4 is 0 Å². The van der Waals surface area contributed by atoms with Crippen molar-refractivity contribution in [3.05, 3.63) is 24.5 Å². The Balaban J connectivity index is 2.74. The van der Waals surface area contributed by atoms with Crippen LogP contribution in [0.5, 0.6) is 0 Å². The summed E-state index contributed by atoms with van der Waals surface area (Å²) in [5.41, 5.74) is 0. The summed E-state index contributed by atoms with van der Waals surface area (Å²) in [6, 6.07) is 3.89. The molecule has 0 saturated carbocycles. The molecule has 1 aromatic rings. The first-order valence-electron chi connectivity index (χ1n) is 4.45. The molecule has 1 unspecified atom stereocenters. The van der Waals surface area contributed by atoms with Gasteiger partial charge in [0.2, 0.25) is 0 Å². The van der Waals surface area contributed by atoms with Crippen molar-refractivity contribution in [1.29, 1.82) is 0 Å². The van der Waals surface area contributed by atoms with Crippen molar-refractivity contribution in [2.24, 2.45) is 5.92 Å². The molecule has 1 aromatic heterocycles. The molecule has 72 valence electrons. The molecule has 13 heavy (non-hydrogen) atoms. The molecule has 3 heteroatoms. The molecule has 1 atom stereocenters. The summed E-state index contributed by atoms with van der Waals surface area (Å²) in [4.78, 5) is 10.6. The highest BCUT2D eigenvalue weighted by Crippen LogP contribution is 2.21. The van der Waals surface area contributed by atoms with Gasteiger partial charge in [-0.1, -0.05) is 13.8 Å². The summed E-state index contributed by atoms with van der Waals surface area (Å²) in [6.45, 7) is 4.07. The summed E-state index contributed by atoms with van der Waals surface area (Å²) in [5.74, 6) is -0.407. The number of carbonyl (C=O) groups is 1. The van der Waals surface area contributed by atoms with Crippen molar-refractivity contribution in [1.82, 2.24) is 4.57 Å². The second-order valence-electron chi connectivity index (χ2n) is 3.54. The zero-order valence-electron chi connectivity index (χ0n) is 7.97. The lowest BCUT2D eigenvalue weighted by Crippen LogP contribution is -2.17. The summed E-state index contributed by atoms with van der Waals surface area (Å²) >= 11 is 0. The Kier molecular flexibility index (Phi) is 3.12. The Morgan fingerprint density at radius 2 is 1.92 bits per heavy atom. The Labute approximate surface area is 78.0 Å². The first-order chi connectivity index (χ1) is 6.11. The summed E-state index contributed by atoms with van der Waals surface area (Å²) in [7, 11) is 0. The van der Waals surface area contributed by atoms with Gasteiger partial charge in [-0.2, -0.15) is 0 Å². The van der Waals surface area contributed by atoms with Gasteiger partial charge in [0.15, 0.2) is 0 Å². The Bertz CT molecular complexity index is 264. The number of nitrogens with zero attached hydrogens (tertiary/aromatic N) is 1. The van der Waals surface area contributed by atoms with E-state index in [2.05, 4.69) is 0 Å². The van der Waals surface area contributed by atoms with Gasteiger partial charge in [-0.25, -0.2) is 0 Å². The van der Waals surface area contributed by atoms with E-state index in [1.807, 2.05) is 42.9 Å². The summed E-state index contributed by atoms with van der Waals surface area (Å²) < 4.78 is 1.96. The third-order valence-corrected chi connectivity index (χ3v) is 2.16. The van der Waals surface area contributed by atoms with Gasteiger partial charge in [0.25, 0.3) is 0 Å². The molecule has 0 spiro atoms. The minimum Gasteiger partial charge on any atom is -0.481 e. The molecule has 1 heterocycles. The van der Waals surface area contributed by atoms with Crippen LogP contribution >= 0.6 is 0 Å². The van der Waals surface area contributed by atoms with E-state index in [1.54, 1.807) is 0 Å². The van der Waals surface area contributed by atoms with Gasteiger partial charge in [-0.3, -0.25) is 4.79 Å². The molecule has 0 radical (unpaired) electrons. The third-order valence-electron chi connectivity index (χ3n) is 2.16. The molecule has 1 rings (SSSR count). The van der Waals surface area contributed by atoms with Gasteiger partial charge in [-0.15, -0.1) is 0 Å². The van der Waals surface area contributed by atoms with E-state index in [9.17, 15) is 4.79 Å². The van der Waals surface area contributed by atoms with Crippen LogP contribution in [0.4, 0.5) is 0 Å². The summed E-state index contributed by atoms with van der Waals surface area (Å²) in [6.07, 6.45) is 4.01. The maximum absolute atomic E-state index is 10.6. The first-order valence-corrected chi connectivity index (χ1v) is 4.45. The van der Waals surface area contributed by atoms with Crippen molar-refractivity contribution < 1.29 is 9.90 Å². The van der Waals surface area contributed by atoms with Crippen LogP contribution in [0, 0.1) is 5.92 Å². The van der Waals surface area contributed by atoms with Crippen LogP contribution in [-0.4, -0.2) is 15.6 Å². The molecule has 0 amide bonds. The number of hydrogen-bond donors (Lipinski definition) is 1. The third kappa shape index (κ3) is 2.61. The highest BCUT2D eigenvalue weighted by Gasteiger charge is 2.17. The van der Waals surface area contributed by atoms with E-state index >= 15 is 0 Å². The molecule has 0 fully saturated rings. The van der Waals surface area contributed by atoms with Crippen LogP contribution in [0.15, 0.2) is 24.5 Å². The highest BCUT2D eigenvalue weighted by molar-refractivity contribution is 5.67. The number of aliphatic carboxylic acids is 1. The molecule has 1 N–H and O–H groups in total. The largest absolute Gasteiger partial charge is 0.481 e. The van der Waals surface area contributed by atoms with Crippen LogP contribution in [0.2, 0.25) is 0 Å². The molecule has 0 bridgehead atoms. The van der Waals surface area contributed by atoms with E-state index in [0.717, 1.165) is 0 Å². The molecule has 0 aliphatic carbocycles. The molecule has 0 aliphatic rings. The van der Waals surface area contributed by atoms with Crippen molar-refractivity contribution >= 4 is 5.97 Å². The summed E-state index contributed by atoms with van der Waals surface area (Å²) in [5, 5.41) is 8.72. The van der Waals surface area contributed by atoms with Crippen molar-refractivity contribution in [2.75, 3.05) is 0 Å². The van der Waals surface area contributed by atoms with Gasteiger partial charge >= 0.3 is 5.97 Å². The molecule has 0 aliphatic heterocycles. The van der Waals surface area contributed by atoms with E-state index < -0.39 is 5.97 Å². The fourth-order valence-corrected chi connectivity index (χ4v) is 1.43. The van der Waals surface area contributed by atoms with Crippen LogP contribution in [0.25, 0.3) is 0 Å². The SMILES string of the molecule is CC(C)C(CC(=O)O)n1cccc1. The smallest absolute Gasteiger partial charge is 0.305 e. The Hall–Kier alpha value is -1.25. The zero-order chi connectivity index (χ0) is 9.84. The average molecular weight is 181 g/mol. The number of carboxylic acids is 1. The second-order valence-corrected chi connectivity index (χ2v) is 3.54. The maximum atomic E-state index is 10.6. The fraction of sp³-hybridized carbons (Fsp3) is 0.500. The van der Waals surface area contributed by atoms with Gasteiger partial charge in [0.1, 0.15) is 0 Å². The predicted octanol–water partition coefficient (Wildman–Crippen LogP) is 2.16. The van der Waals surface area contributed by atoms with Crippen LogP contribution in [0.3, 0.4) is 0 Å². The molecular formula is C10H15NO2. The molecule has 0 aromatic carbocycles. The quantitative estimate of drug-likeness (QED) is 0.773. The van der Waals surface area contributed by atoms with Crippen molar-refractivity contribution in [3.63, 3.8) is 0 Å². The monoisotopic (exact) mass is 181 g/mol.